The van der Waals surface area contributed by atoms with Crippen molar-refractivity contribution in [3.63, 3.8) is 0 Å². The smallest absolute Gasteiger partial charge is 0.233 e. The largest absolute Gasteiger partial charge is 0.360 e. The van der Waals surface area contributed by atoms with E-state index in [0.717, 1.165) is 35.6 Å². The highest BCUT2D eigenvalue weighted by atomic mass is 32.2. The van der Waals surface area contributed by atoms with Crippen molar-refractivity contribution in [1.29, 1.82) is 0 Å². The van der Waals surface area contributed by atoms with E-state index in [1.54, 1.807) is 11.8 Å². The molecule has 5 rings (SSSR count). The lowest BCUT2D eigenvalue weighted by Gasteiger charge is -2.16. The van der Waals surface area contributed by atoms with E-state index in [9.17, 15) is 4.79 Å². The van der Waals surface area contributed by atoms with Crippen LogP contribution in [0.4, 0.5) is 0 Å². The van der Waals surface area contributed by atoms with E-state index in [0.29, 0.717) is 11.7 Å². The molecule has 26 heavy (non-hydrogen) atoms. The molecule has 3 heterocycles. The van der Waals surface area contributed by atoms with Gasteiger partial charge in [-0.2, -0.15) is 0 Å². The molecule has 1 unspecified atom stereocenters. The molecule has 1 aromatic carbocycles. The molecular formula is C19H21N5OS. The molecule has 1 N–H and O–H groups in total. The molecule has 0 bridgehead atoms. The Morgan fingerprint density at radius 2 is 2.15 bits per heavy atom. The van der Waals surface area contributed by atoms with Gasteiger partial charge in [0.25, 0.3) is 0 Å². The lowest BCUT2D eigenvalue weighted by atomic mass is 10.2. The van der Waals surface area contributed by atoms with Crippen molar-refractivity contribution in [3.05, 3.63) is 42.4 Å². The Morgan fingerprint density at radius 3 is 3.04 bits per heavy atom. The number of carbonyl (C=O) groups is 1. The molecule has 2 aromatic heterocycles. The number of H-pyrrole nitrogens is 1. The van der Waals surface area contributed by atoms with Crippen LogP contribution in [0.3, 0.4) is 0 Å². The van der Waals surface area contributed by atoms with Crippen molar-refractivity contribution in [3.8, 4) is 0 Å². The molecule has 6 nitrogen and oxygen atoms in total. The van der Waals surface area contributed by atoms with Crippen LogP contribution in [0.15, 0.2) is 41.6 Å². The quantitative estimate of drug-likeness (QED) is 0.703. The first kappa shape index (κ1) is 15.9. The van der Waals surface area contributed by atoms with Gasteiger partial charge in [-0.15, -0.1) is 16.9 Å². The Morgan fingerprint density at radius 1 is 1.27 bits per heavy atom. The summed E-state index contributed by atoms with van der Waals surface area (Å²) >= 11 is 1.61. The number of hydrogen-bond donors (Lipinski definition) is 1. The third kappa shape index (κ3) is 3.00. The van der Waals surface area contributed by atoms with Gasteiger partial charge in [-0.05, 0) is 25.3 Å². The number of thioether (sulfide) groups is 1. The molecule has 1 atom stereocenters. The number of rotatable bonds is 5. The zero-order valence-electron chi connectivity index (χ0n) is 14.5. The number of fused-ring (bicyclic) bond motifs is 1. The highest BCUT2D eigenvalue weighted by molar-refractivity contribution is 8.00. The van der Waals surface area contributed by atoms with E-state index in [-0.39, 0.29) is 11.9 Å². The second-order valence-electron chi connectivity index (χ2n) is 7.17. The van der Waals surface area contributed by atoms with Crippen LogP contribution in [0.25, 0.3) is 10.9 Å². The average Bonchev–Trinajstić information content (AvgIpc) is 3.10. The van der Waals surface area contributed by atoms with E-state index >= 15 is 0 Å². The van der Waals surface area contributed by atoms with E-state index in [2.05, 4.69) is 33.6 Å². The third-order valence-electron chi connectivity index (χ3n) is 5.32. The monoisotopic (exact) mass is 367 g/mol. The van der Waals surface area contributed by atoms with E-state index in [1.165, 1.54) is 18.2 Å². The maximum atomic E-state index is 12.6. The van der Waals surface area contributed by atoms with Crippen LogP contribution in [-0.4, -0.2) is 49.6 Å². The Hall–Kier alpha value is -2.28. The molecule has 1 amide bonds. The summed E-state index contributed by atoms with van der Waals surface area (Å²) in [6.45, 7) is 1.54. The van der Waals surface area contributed by atoms with Gasteiger partial charge in [-0.1, -0.05) is 23.4 Å². The van der Waals surface area contributed by atoms with E-state index in [4.69, 9.17) is 0 Å². The highest BCUT2D eigenvalue weighted by Gasteiger charge is 2.31. The van der Waals surface area contributed by atoms with Crippen LogP contribution in [-0.2, 0) is 4.79 Å². The topological polar surface area (TPSA) is 66.8 Å². The predicted octanol–water partition coefficient (Wildman–Crippen LogP) is 3.20. The Kier molecular flexibility index (Phi) is 3.96. The van der Waals surface area contributed by atoms with Gasteiger partial charge in [-0.3, -0.25) is 4.79 Å². The summed E-state index contributed by atoms with van der Waals surface area (Å²) in [7, 11) is 0. The summed E-state index contributed by atoms with van der Waals surface area (Å²) in [6.07, 6.45) is 7.50. The average molecular weight is 367 g/mol. The summed E-state index contributed by atoms with van der Waals surface area (Å²) in [5, 5.41) is 9.77. The molecule has 134 valence electrons. The summed E-state index contributed by atoms with van der Waals surface area (Å²) in [5.74, 6) is 1.29. The van der Waals surface area contributed by atoms with Crippen molar-refractivity contribution < 1.29 is 4.79 Å². The molecule has 1 aliphatic carbocycles. The predicted molar refractivity (Wildman–Crippen MR) is 101 cm³/mol. The van der Waals surface area contributed by atoms with Gasteiger partial charge in [-0.25, -0.2) is 4.68 Å². The fourth-order valence-corrected chi connectivity index (χ4v) is 4.55. The first-order valence-corrected chi connectivity index (χ1v) is 10.1. The number of hydrogen-bond acceptors (Lipinski definition) is 4. The van der Waals surface area contributed by atoms with E-state index in [1.807, 2.05) is 27.9 Å². The number of amides is 1. The Bertz CT molecular complexity index is 944. The van der Waals surface area contributed by atoms with Gasteiger partial charge >= 0.3 is 0 Å². The van der Waals surface area contributed by atoms with Crippen molar-refractivity contribution in [2.45, 2.75) is 36.1 Å². The SMILES string of the molecule is O=C(CSc1c[nH]c2ccccc12)N1CCC(n2cc(C3CC3)nn2)C1. The van der Waals surface area contributed by atoms with E-state index < -0.39 is 0 Å². The number of carbonyl (C=O) groups excluding carboxylic acids is 1. The maximum Gasteiger partial charge on any atom is 0.233 e. The normalized spacial score (nSPS) is 20.2. The molecule has 7 heteroatoms. The summed E-state index contributed by atoms with van der Waals surface area (Å²) in [4.78, 5) is 19.0. The standard InChI is InChI=1S/C19H21N5OS/c25-19(12-26-18-9-20-16-4-2-1-3-15(16)18)23-8-7-14(10-23)24-11-17(21-22-24)13-5-6-13/h1-4,9,11,13-14,20H,5-8,10,12H2. The van der Waals surface area contributed by atoms with Crippen molar-refractivity contribution in [2.24, 2.45) is 0 Å². The Labute approximate surface area is 155 Å². The van der Waals surface area contributed by atoms with Crippen LogP contribution in [0, 0.1) is 0 Å². The van der Waals surface area contributed by atoms with Crippen molar-refractivity contribution >= 4 is 28.6 Å². The summed E-state index contributed by atoms with van der Waals surface area (Å²) in [6, 6.07) is 8.45. The number of nitrogens with one attached hydrogen (secondary N) is 1. The molecule has 1 saturated heterocycles. The minimum atomic E-state index is 0.199. The number of benzene rings is 1. The number of aromatic nitrogens is 4. The lowest BCUT2D eigenvalue weighted by molar-refractivity contribution is -0.127. The molecular weight excluding hydrogens is 346 g/mol. The fraction of sp³-hybridized carbons (Fsp3) is 0.421. The second kappa shape index (κ2) is 6.46. The van der Waals surface area contributed by atoms with Gasteiger partial charge in [0, 0.05) is 47.2 Å². The highest BCUT2D eigenvalue weighted by Crippen LogP contribution is 2.39. The van der Waals surface area contributed by atoms with Gasteiger partial charge in [0.05, 0.1) is 17.5 Å². The number of likely N-dealkylation sites (tertiary alicyclic amines) is 1. The number of nitrogens with zero attached hydrogens (tertiary/aromatic N) is 4. The second-order valence-corrected chi connectivity index (χ2v) is 8.18. The minimum Gasteiger partial charge on any atom is -0.360 e. The van der Waals surface area contributed by atoms with Gasteiger partial charge in [0.15, 0.2) is 0 Å². The van der Waals surface area contributed by atoms with Crippen molar-refractivity contribution in [1.82, 2.24) is 24.9 Å². The Balaban J connectivity index is 1.19. The van der Waals surface area contributed by atoms with Gasteiger partial charge in [0.1, 0.15) is 0 Å². The molecule has 0 radical (unpaired) electrons. The first-order chi connectivity index (χ1) is 12.8. The van der Waals surface area contributed by atoms with Crippen LogP contribution < -0.4 is 0 Å². The maximum absolute atomic E-state index is 12.6. The van der Waals surface area contributed by atoms with Crippen LogP contribution in [0.1, 0.15) is 36.9 Å². The van der Waals surface area contributed by atoms with Gasteiger partial charge in [0.2, 0.25) is 5.91 Å². The van der Waals surface area contributed by atoms with Crippen LogP contribution in [0.5, 0.6) is 0 Å². The zero-order chi connectivity index (χ0) is 17.5. The summed E-state index contributed by atoms with van der Waals surface area (Å²) < 4.78 is 1.97. The lowest BCUT2D eigenvalue weighted by Crippen LogP contribution is -2.30. The minimum absolute atomic E-state index is 0.199. The molecule has 1 aliphatic heterocycles. The zero-order valence-corrected chi connectivity index (χ0v) is 15.3. The molecule has 2 aliphatic rings. The van der Waals surface area contributed by atoms with Crippen LogP contribution in [0.2, 0.25) is 0 Å². The van der Waals surface area contributed by atoms with Crippen LogP contribution >= 0.6 is 11.8 Å². The molecule has 1 saturated carbocycles. The summed E-state index contributed by atoms with van der Waals surface area (Å²) in [5.41, 5.74) is 2.23. The molecule has 3 aromatic rings. The number of para-hydroxylation sites is 1. The fourth-order valence-electron chi connectivity index (χ4n) is 3.61. The molecule has 2 fully saturated rings. The van der Waals surface area contributed by atoms with Gasteiger partial charge < -0.3 is 9.88 Å². The van der Waals surface area contributed by atoms with Crippen molar-refractivity contribution in [2.75, 3.05) is 18.8 Å². The molecule has 0 spiro atoms. The number of aromatic amines is 1. The first-order valence-electron chi connectivity index (χ1n) is 9.16. The third-order valence-corrected chi connectivity index (χ3v) is 6.36.